The standard InChI is InChI=1S/C35H52ClF2N9O4S/c1-47(19-11-39,20-12-40)18-2-13-42-34(49)25-3-5-26(6-4-25)35(37,38)27-21-31(36)43-32(22-27)44-14-16-45(17-15-44)52(50,51)30-9-7-29(8-10-30)46-24-28(41)23-33(46)48/h7-10,21-22,25-26,28H,2-6,11-20,23-24,39-41H2,1H3/p+1/t25?,26?,28-/m1/s1. The number of nitrogens with two attached hydrogens (primary N) is 3. The molecule has 3 fully saturated rings. The highest BCUT2D eigenvalue weighted by molar-refractivity contribution is 7.89. The summed E-state index contributed by atoms with van der Waals surface area (Å²) in [5, 5.41) is 2.93. The van der Waals surface area contributed by atoms with Crippen LogP contribution in [-0.2, 0) is 25.5 Å². The Morgan fingerprint density at radius 2 is 1.65 bits per heavy atom. The van der Waals surface area contributed by atoms with Gasteiger partial charge >= 0.3 is 0 Å². The van der Waals surface area contributed by atoms with Crippen molar-refractivity contribution in [3.8, 4) is 0 Å². The summed E-state index contributed by atoms with van der Waals surface area (Å²) in [4.78, 5) is 32.8. The Bertz CT molecular complexity index is 1650. The third-order valence-electron chi connectivity index (χ3n) is 10.8. The summed E-state index contributed by atoms with van der Waals surface area (Å²) < 4.78 is 61.0. The largest absolute Gasteiger partial charge is 0.356 e. The van der Waals surface area contributed by atoms with Crippen molar-refractivity contribution in [1.82, 2.24) is 14.6 Å². The zero-order chi connectivity index (χ0) is 37.7. The van der Waals surface area contributed by atoms with Crippen LogP contribution in [0.4, 0.5) is 20.3 Å². The molecule has 1 aromatic heterocycles. The van der Waals surface area contributed by atoms with E-state index in [1.165, 1.54) is 28.6 Å². The van der Waals surface area contributed by atoms with Gasteiger partial charge in [0.05, 0.1) is 31.6 Å². The third-order valence-corrected chi connectivity index (χ3v) is 12.9. The van der Waals surface area contributed by atoms with Gasteiger partial charge in [-0.3, -0.25) is 9.59 Å². The van der Waals surface area contributed by atoms with Crippen molar-refractivity contribution in [2.75, 3.05) is 88.8 Å². The van der Waals surface area contributed by atoms with Crippen molar-refractivity contribution < 1.29 is 31.3 Å². The number of pyridine rings is 1. The van der Waals surface area contributed by atoms with E-state index in [2.05, 4.69) is 17.3 Å². The molecule has 13 nitrogen and oxygen atoms in total. The van der Waals surface area contributed by atoms with Gasteiger partial charge in [-0.2, -0.15) is 4.31 Å². The van der Waals surface area contributed by atoms with E-state index >= 15 is 8.78 Å². The lowest BCUT2D eigenvalue weighted by Crippen LogP contribution is -2.51. The summed E-state index contributed by atoms with van der Waals surface area (Å²) in [6.45, 7) is 5.18. The minimum atomic E-state index is -3.84. The van der Waals surface area contributed by atoms with Gasteiger partial charge in [-0.25, -0.2) is 22.2 Å². The van der Waals surface area contributed by atoms with Crippen LogP contribution in [0.5, 0.6) is 0 Å². The number of aromatic nitrogens is 1. The van der Waals surface area contributed by atoms with Gasteiger partial charge in [-0.15, -0.1) is 0 Å². The van der Waals surface area contributed by atoms with Crippen LogP contribution in [0.25, 0.3) is 0 Å². The number of hydrogen-bond acceptors (Lipinski definition) is 9. The SMILES string of the molecule is C[N+](CCN)(CCN)CCCNC(=O)C1CCC(C(F)(F)c2cc(Cl)nc(N3CCN(S(=O)(=O)c4ccc(N5C[C@H](N)CC5=O)cc4)CC3)c2)CC1. The molecular weight excluding hydrogens is 716 g/mol. The van der Waals surface area contributed by atoms with Gasteiger partial charge < -0.3 is 36.8 Å². The zero-order valence-electron chi connectivity index (χ0n) is 29.9. The van der Waals surface area contributed by atoms with Crippen LogP contribution in [0.3, 0.4) is 0 Å². The summed E-state index contributed by atoms with van der Waals surface area (Å²) in [6.07, 6.45) is 2.16. The minimum Gasteiger partial charge on any atom is -0.356 e. The van der Waals surface area contributed by atoms with Crippen LogP contribution in [0, 0.1) is 11.8 Å². The molecule has 0 spiro atoms. The van der Waals surface area contributed by atoms with Crippen molar-refractivity contribution in [1.29, 1.82) is 0 Å². The molecule has 3 aliphatic rings. The first-order valence-electron chi connectivity index (χ1n) is 18.2. The van der Waals surface area contributed by atoms with Crippen molar-refractivity contribution in [2.45, 2.75) is 55.4 Å². The molecule has 5 rings (SSSR count). The fourth-order valence-electron chi connectivity index (χ4n) is 7.66. The predicted molar refractivity (Wildman–Crippen MR) is 197 cm³/mol. The molecule has 1 aliphatic carbocycles. The average Bonchev–Trinajstić information content (AvgIpc) is 3.47. The summed E-state index contributed by atoms with van der Waals surface area (Å²) in [6, 6.07) is 8.44. The van der Waals surface area contributed by atoms with Crippen molar-refractivity contribution in [3.05, 3.63) is 47.1 Å². The van der Waals surface area contributed by atoms with Crippen molar-refractivity contribution in [3.63, 3.8) is 0 Å². The number of sulfonamides is 1. The monoisotopic (exact) mass is 768 g/mol. The first-order valence-corrected chi connectivity index (χ1v) is 20.0. The Kier molecular flexibility index (Phi) is 13.1. The minimum absolute atomic E-state index is 0.0690. The van der Waals surface area contributed by atoms with Gasteiger partial charge in [0, 0.05) is 94.3 Å². The molecule has 1 aromatic carbocycles. The number of nitrogens with zero attached hydrogens (tertiary/aromatic N) is 5. The number of benzene rings is 1. The van der Waals surface area contributed by atoms with E-state index in [-0.39, 0.29) is 90.6 Å². The first-order chi connectivity index (χ1) is 24.7. The maximum absolute atomic E-state index is 16.0. The number of hydrogen-bond donors (Lipinski definition) is 4. The number of alkyl halides is 2. The molecule has 0 unspecified atom stereocenters. The van der Waals surface area contributed by atoms with Crippen LogP contribution >= 0.6 is 11.6 Å². The number of halogens is 3. The maximum atomic E-state index is 16.0. The molecule has 52 heavy (non-hydrogen) atoms. The Hall–Kier alpha value is -2.99. The number of nitrogens with one attached hydrogen (secondary N) is 1. The van der Waals surface area contributed by atoms with E-state index in [9.17, 15) is 18.0 Å². The topological polar surface area (TPSA) is 181 Å². The van der Waals surface area contributed by atoms with Gasteiger partial charge in [0.2, 0.25) is 21.8 Å². The summed E-state index contributed by atoms with van der Waals surface area (Å²) >= 11 is 6.29. The van der Waals surface area contributed by atoms with Crippen molar-refractivity contribution in [2.24, 2.45) is 29.0 Å². The predicted octanol–water partition coefficient (Wildman–Crippen LogP) is 2.08. The molecule has 1 atom stereocenters. The molecule has 288 valence electrons. The highest BCUT2D eigenvalue weighted by Gasteiger charge is 2.44. The van der Waals surface area contributed by atoms with Gasteiger partial charge in [0.25, 0.3) is 5.92 Å². The Balaban J connectivity index is 1.13. The van der Waals surface area contributed by atoms with E-state index in [1.54, 1.807) is 21.9 Å². The quantitative estimate of drug-likeness (QED) is 0.120. The number of piperazine rings is 1. The van der Waals surface area contributed by atoms with E-state index in [0.29, 0.717) is 44.7 Å². The molecule has 2 aliphatic heterocycles. The summed E-state index contributed by atoms with van der Waals surface area (Å²) in [5.41, 5.74) is 17.8. The van der Waals surface area contributed by atoms with Crippen LogP contribution in [-0.4, -0.2) is 119 Å². The number of quaternary nitrogens is 1. The van der Waals surface area contributed by atoms with Gasteiger partial charge in [0.15, 0.2) is 0 Å². The normalized spacial score (nSPS) is 22.2. The summed E-state index contributed by atoms with van der Waals surface area (Å²) in [5.74, 6) is -4.39. The molecule has 17 heteroatoms. The number of amides is 2. The first kappa shape index (κ1) is 40.2. The lowest BCUT2D eigenvalue weighted by Gasteiger charge is -2.36. The molecule has 2 amide bonds. The highest BCUT2D eigenvalue weighted by Crippen LogP contribution is 2.46. The average molecular weight is 769 g/mol. The number of carbonyl (C=O) groups is 2. The fourth-order valence-corrected chi connectivity index (χ4v) is 9.28. The number of rotatable bonds is 15. The lowest BCUT2D eigenvalue weighted by atomic mass is 9.77. The second-order valence-corrected chi connectivity index (χ2v) is 16.9. The van der Waals surface area contributed by atoms with Crippen LogP contribution < -0.4 is 32.3 Å². The molecule has 3 heterocycles. The van der Waals surface area contributed by atoms with Crippen LogP contribution in [0.2, 0.25) is 5.15 Å². The number of likely N-dealkylation sites (N-methyl/N-ethyl adjacent to an activating group) is 1. The number of anilines is 2. The maximum Gasteiger partial charge on any atom is 0.276 e. The third kappa shape index (κ3) is 9.38. The second-order valence-electron chi connectivity index (χ2n) is 14.6. The Morgan fingerprint density at radius 1 is 1.02 bits per heavy atom. The molecule has 7 N–H and O–H groups in total. The van der Waals surface area contributed by atoms with Crippen molar-refractivity contribution >= 4 is 44.9 Å². The lowest BCUT2D eigenvalue weighted by molar-refractivity contribution is -0.906. The van der Waals surface area contributed by atoms with Gasteiger partial charge in [-0.1, -0.05) is 11.6 Å². The molecule has 2 aromatic rings. The second kappa shape index (κ2) is 17.0. The van der Waals surface area contributed by atoms with Crippen LogP contribution in [0.1, 0.15) is 44.1 Å². The van der Waals surface area contributed by atoms with E-state index in [1.807, 2.05) is 0 Å². The van der Waals surface area contributed by atoms with E-state index < -0.39 is 21.9 Å². The molecule has 0 bridgehead atoms. The zero-order valence-corrected chi connectivity index (χ0v) is 31.4. The highest BCUT2D eigenvalue weighted by atomic mass is 35.5. The number of carbonyl (C=O) groups excluding carboxylic acids is 2. The molecule has 2 saturated heterocycles. The van der Waals surface area contributed by atoms with E-state index in [0.717, 1.165) is 30.5 Å². The molecular formula is C35H53ClF2N9O4S+. The molecule has 1 saturated carbocycles. The van der Waals surface area contributed by atoms with Gasteiger partial charge in [0.1, 0.15) is 11.0 Å². The van der Waals surface area contributed by atoms with E-state index in [4.69, 9.17) is 28.8 Å². The summed E-state index contributed by atoms with van der Waals surface area (Å²) in [7, 11) is -1.73. The van der Waals surface area contributed by atoms with Gasteiger partial charge in [-0.05, 0) is 62.1 Å². The Labute approximate surface area is 310 Å². The molecule has 0 radical (unpaired) electrons. The fraction of sp³-hybridized carbons (Fsp3) is 0.629. The Morgan fingerprint density at radius 3 is 2.23 bits per heavy atom. The van der Waals surface area contributed by atoms with Crippen LogP contribution in [0.15, 0.2) is 41.3 Å². The smallest absolute Gasteiger partial charge is 0.276 e.